The molecule has 0 amide bonds. The van der Waals surface area contributed by atoms with E-state index in [1.54, 1.807) is 12.3 Å². The Bertz CT molecular complexity index is 626. The van der Waals surface area contributed by atoms with Gasteiger partial charge in [0, 0.05) is 13.6 Å². The van der Waals surface area contributed by atoms with E-state index in [1.807, 2.05) is 11.9 Å². The van der Waals surface area contributed by atoms with E-state index in [9.17, 15) is 0 Å². The smallest absolute Gasteiger partial charge is 0.146 e. The predicted octanol–water partition coefficient (Wildman–Crippen LogP) is 2.73. The average Bonchev–Trinajstić information content (AvgIpc) is 2.47. The van der Waals surface area contributed by atoms with Crippen molar-refractivity contribution in [2.24, 2.45) is 0 Å². The van der Waals surface area contributed by atoms with Crippen LogP contribution in [0.3, 0.4) is 0 Å². The molecule has 0 aliphatic heterocycles. The van der Waals surface area contributed by atoms with E-state index in [0.717, 1.165) is 6.42 Å². The fraction of sp³-hybridized carbons (Fsp3) is 0.250. The Morgan fingerprint density at radius 1 is 1.25 bits per heavy atom. The van der Waals surface area contributed by atoms with Gasteiger partial charge in [0.25, 0.3) is 0 Å². The molecule has 0 aliphatic rings. The first-order valence-electron chi connectivity index (χ1n) is 6.58. The van der Waals surface area contributed by atoms with E-state index >= 15 is 0 Å². The normalized spacial score (nSPS) is 10.1. The average molecular weight is 266 g/mol. The van der Waals surface area contributed by atoms with Crippen molar-refractivity contribution in [1.29, 1.82) is 5.26 Å². The van der Waals surface area contributed by atoms with Crippen LogP contribution in [0.25, 0.3) is 0 Å². The summed E-state index contributed by atoms with van der Waals surface area (Å²) < 4.78 is 0. The number of nitrogens with zero attached hydrogens (tertiary/aromatic N) is 3. The largest absolute Gasteiger partial charge is 0.397 e. The first kappa shape index (κ1) is 13.9. The molecular weight excluding hydrogens is 248 g/mol. The summed E-state index contributed by atoms with van der Waals surface area (Å²) in [6, 6.07) is 12.3. The number of anilines is 2. The monoisotopic (exact) mass is 266 g/mol. The van der Waals surface area contributed by atoms with Gasteiger partial charge in [-0.25, -0.2) is 4.98 Å². The molecule has 1 heterocycles. The predicted molar refractivity (Wildman–Crippen MR) is 81.3 cm³/mol. The molecule has 0 bridgehead atoms. The second-order valence-electron chi connectivity index (χ2n) is 4.78. The lowest BCUT2D eigenvalue weighted by molar-refractivity contribution is 0.894. The minimum atomic E-state index is 0.498. The van der Waals surface area contributed by atoms with Gasteiger partial charge in [0.2, 0.25) is 0 Å². The minimum absolute atomic E-state index is 0.498. The third-order valence-electron chi connectivity index (χ3n) is 3.22. The molecule has 0 aliphatic carbocycles. The zero-order valence-electron chi connectivity index (χ0n) is 11.8. The molecule has 0 spiro atoms. The van der Waals surface area contributed by atoms with Crippen molar-refractivity contribution in [3.05, 3.63) is 53.2 Å². The molecule has 2 N–H and O–H groups in total. The Hall–Kier alpha value is -2.54. The number of aromatic nitrogens is 1. The number of aryl methyl sites for hydroxylation is 1. The van der Waals surface area contributed by atoms with Gasteiger partial charge in [0.05, 0.1) is 17.4 Å². The van der Waals surface area contributed by atoms with Crippen LogP contribution >= 0.6 is 0 Å². The van der Waals surface area contributed by atoms with Crippen molar-refractivity contribution in [2.75, 3.05) is 17.7 Å². The molecule has 2 aromatic rings. The van der Waals surface area contributed by atoms with Gasteiger partial charge in [0.1, 0.15) is 11.9 Å². The van der Waals surface area contributed by atoms with Crippen molar-refractivity contribution in [3.63, 3.8) is 0 Å². The molecule has 102 valence electrons. The Morgan fingerprint density at radius 2 is 1.90 bits per heavy atom. The summed E-state index contributed by atoms with van der Waals surface area (Å²) >= 11 is 0. The van der Waals surface area contributed by atoms with Crippen LogP contribution < -0.4 is 10.6 Å². The summed E-state index contributed by atoms with van der Waals surface area (Å²) in [6.07, 6.45) is 2.61. The van der Waals surface area contributed by atoms with Gasteiger partial charge in [-0.05, 0) is 23.6 Å². The molecule has 1 aromatic heterocycles. The second kappa shape index (κ2) is 6.07. The fourth-order valence-electron chi connectivity index (χ4n) is 2.09. The number of nitrogen functional groups attached to an aromatic ring is 1. The van der Waals surface area contributed by atoms with Crippen LogP contribution in [-0.4, -0.2) is 12.0 Å². The van der Waals surface area contributed by atoms with Gasteiger partial charge < -0.3 is 10.6 Å². The van der Waals surface area contributed by atoms with Crippen LogP contribution in [0.5, 0.6) is 0 Å². The van der Waals surface area contributed by atoms with Crippen LogP contribution in [0.4, 0.5) is 11.5 Å². The van der Waals surface area contributed by atoms with Gasteiger partial charge >= 0.3 is 0 Å². The zero-order chi connectivity index (χ0) is 14.5. The topological polar surface area (TPSA) is 65.9 Å². The number of hydrogen-bond donors (Lipinski definition) is 1. The molecule has 0 saturated carbocycles. The van der Waals surface area contributed by atoms with Gasteiger partial charge in [-0.2, -0.15) is 5.26 Å². The Kier molecular flexibility index (Phi) is 4.21. The lowest BCUT2D eigenvalue weighted by Crippen LogP contribution is -2.19. The summed E-state index contributed by atoms with van der Waals surface area (Å²) in [5.41, 5.74) is 9.17. The third kappa shape index (κ3) is 3.07. The SMILES string of the molecule is CCc1ccc(CN(C)c2ncc(N)cc2C#N)cc1. The first-order valence-corrected chi connectivity index (χ1v) is 6.58. The highest BCUT2D eigenvalue weighted by Crippen LogP contribution is 2.20. The molecule has 1 aromatic carbocycles. The summed E-state index contributed by atoms with van der Waals surface area (Å²) in [7, 11) is 1.92. The number of benzene rings is 1. The van der Waals surface area contributed by atoms with Crippen LogP contribution in [0.2, 0.25) is 0 Å². The van der Waals surface area contributed by atoms with E-state index in [4.69, 9.17) is 11.0 Å². The number of nitriles is 1. The number of hydrogen-bond acceptors (Lipinski definition) is 4. The number of pyridine rings is 1. The van der Waals surface area contributed by atoms with E-state index in [1.165, 1.54) is 11.1 Å². The second-order valence-corrected chi connectivity index (χ2v) is 4.78. The highest BCUT2D eigenvalue weighted by atomic mass is 15.2. The van der Waals surface area contributed by atoms with E-state index in [2.05, 4.69) is 42.2 Å². The lowest BCUT2D eigenvalue weighted by atomic mass is 10.1. The maximum atomic E-state index is 9.15. The molecule has 2 rings (SSSR count). The summed E-state index contributed by atoms with van der Waals surface area (Å²) in [5, 5.41) is 9.15. The molecule has 4 heteroatoms. The van der Waals surface area contributed by atoms with Crippen LogP contribution in [-0.2, 0) is 13.0 Å². The first-order chi connectivity index (χ1) is 9.63. The maximum absolute atomic E-state index is 9.15. The highest BCUT2D eigenvalue weighted by molar-refractivity contribution is 5.58. The summed E-state index contributed by atoms with van der Waals surface area (Å²) in [5.74, 6) is 0.654. The van der Waals surface area contributed by atoms with Crippen molar-refractivity contribution < 1.29 is 0 Å². The van der Waals surface area contributed by atoms with Gasteiger partial charge in [-0.15, -0.1) is 0 Å². The zero-order valence-corrected chi connectivity index (χ0v) is 11.8. The van der Waals surface area contributed by atoms with Gasteiger partial charge in [0.15, 0.2) is 0 Å². The molecule has 20 heavy (non-hydrogen) atoms. The summed E-state index contributed by atoms with van der Waals surface area (Å²) in [6.45, 7) is 2.84. The Morgan fingerprint density at radius 3 is 2.50 bits per heavy atom. The quantitative estimate of drug-likeness (QED) is 0.924. The molecule has 0 saturated heterocycles. The van der Waals surface area contributed by atoms with Crippen LogP contribution in [0.1, 0.15) is 23.6 Å². The molecule has 0 unspecified atom stereocenters. The molecular formula is C16H18N4. The van der Waals surface area contributed by atoms with E-state index in [-0.39, 0.29) is 0 Å². The van der Waals surface area contributed by atoms with Crippen molar-refractivity contribution in [3.8, 4) is 6.07 Å². The number of nitrogens with two attached hydrogens (primary N) is 1. The van der Waals surface area contributed by atoms with Crippen molar-refractivity contribution in [2.45, 2.75) is 19.9 Å². The van der Waals surface area contributed by atoms with Crippen molar-refractivity contribution >= 4 is 11.5 Å². The molecule has 4 nitrogen and oxygen atoms in total. The lowest BCUT2D eigenvalue weighted by Gasteiger charge is -2.19. The van der Waals surface area contributed by atoms with Crippen molar-refractivity contribution in [1.82, 2.24) is 4.98 Å². The molecule has 0 radical (unpaired) electrons. The Labute approximate surface area is 119 Å². The van der Waals surface area contributed by atoms with E-state index < -0.39 is 0 Å². The van der Waals surface area contributed by atoms with Crippen LogP contribution in [0.15, 0.2) is 36.5 Å². The van der Waals surface area contributed by atoms with E-state index in [0.29, 0.717) is 23.6 Å². The molecule has 0 fully saturated rings. The fourth-order valence-corrected chi connectivity index (χ4v) is 2.09. The maximum Gasteiger partial charge on any atom is 0.146 e. The van der Waals surface area contributed by atoms with Crippen LogP contribution in [0, 0.1) is 11.3 Å². The standard InChI is InChI=1S/C16H18N4/c1-3-12-4-6-13(7-5-12)11-20(2)16-14(9-17)8-15(18)10-19-16/h4-8,10H,3,11,18H2,1-2H3. The van der Waals surface area contributed by atoms with Gasteiger partial charge in [-0.1, -0.05) is 31.2 Å². The number of rotatable bonds is 4. The minimum Gasteiger partial charge on any atom is -0.397 e. The molecule has 0 atom stereocenters. The Balaban J connectivity index is 2.19. The summed E-state index contributed by atoms with van der Waals surface area (Å²) in [4.78, 5) is 6.21. The highest BCUT2D eigenvalue weighted by Gasteiger charge is 2.10. The van der Waals surface area contributed by atoms with Gasteiger partial charge in [-0.3, -0.25) is 0 Å². The third-order valence-corrected chi connectivity index (χ3v) is 3.22.